The Morgan fingerprint density at radius 2 is 1.81 bits per heavy atom. The molecule has 0 atom stereocenters. The van der Waals surface area contributed by atoms with Crippen molar-refractivity contribution in [2.24, 2.45) is 0 Å². The lowest BCUT2D eigenvalue weighted by molar-refractivity contribution is 0.279. The molecule has 0 saturated heterocycles. The van der Waals surface area contributed by atoms with Gasteiger partial charge in [-0.1, -0.05) is 26.0 Å². The van der Waals surface area contributed by atoms with Gasteiger partial charge in [-0.15, -0.1) is 0 Å². The molecule has 1 aromatic rings. The number of hydrogen-bond donors (Lipinski definition) is 1. The van der Waals surface area contributed by atoms with E-state index < -0.39 is 0 Å². The van der Waals surface area contributed by atoms with Crippen LogP contribution in [0.2, 0.25) is 0 Å². The first kappa shape index (κ1) is 16.7. The molecule has 0 aromatic heterocycles. The molecule has 1 N–H and O–H groups in total. The van der Waals surface area contributed by atoms with E-state index in [4.69, 9.17) is 4.74 Å². The molecule has 0 amide bonds. The third-order valence-corrected chi connectivity index (χ3v) is 6.75. The highest BCUT2D eigenvalue weighted by Crippen LogP contribution is 2.38. The number of hydrogen-bond acceptors (Lipinski definition) is 3. The van der Waals surface area contributed by atoms with E-state index in [0.29, 0.717) is 10.8 Å². The topological polar surface area (TPSA) is 21.3 Å². The van der Waals surface area contributed by atoms with Crippen molar-refractivity contribution in [2.45, 2.75) is 56.2 Å². The molecule has 3 heteroatoms. The van der Waals surface area contributed by atoms with Crippen LogP contribution in [0.1, 0.15) is 51.0 Å². The fourth-order valence-electron chi connectivity index (χ4n) is 3.12. The van der Waals surface area contributed by atoms with Crippen LogP contribution in [-0.4, -0.2) is 30.7 Å². The normalized spacial score (nSPS) is 21.9. The number of thioether (sulfide) groups is 1. The Labute approximate surface area is 134 Å². The number of methoxy groups -OCH3 is 1. The third kappa shape index (κ3) is 3.95. The van der Waals surface area contributed by atoms with E-state index in [-0.39, 0.29) is 0 Å². The monoisotopic (exact) mass is 307 g/mol. The average molecular weight is 308 g/mol. The highest BCUT2D eigenvalue weighted by atomic mass is 32.2. The third-order valence-electron chi connectivity index (χ3n) is 5.16. The van der Waals surface area contributed by atoms with E-state index in [1.807, 2.05) is 11.8 Å². The molecule has 21 heavy (non-hydrogen) atoms. The predicted molar refractivity (Wildman–Crippen MR) is 93.6 cm³/mol. The summed E-state index contributed by atoms with van der Waals surface area (Å²) in [5.74, 6) is 1.67. The summed E-state index contributed by atoms with van der Waals surface area (Å²) in [6.07, 6.45) is 7.27. The van der Waals surface area contributed by atoms with E-state index in [0.717, 1.165) is 18.2 Å². The highest BCUT2D eigenvalue weighted by molar-refractivity contribution is 8.00. The zero-order valence-corrected chi connectivity index (χ0v) is 14.6. The number of nitrogens with one attached hydrogen (secondary N) is 1. The minimum Gasteiger partial charge on any atom is -0.497 e. The lowest BCUT2D eigenvalue weighted by Crippen LogP contribution is -2.46. The lowest BCUT2D eigenvalue weighted by Gasteiger charge is -2.39. The van der Waals surface area contributed by atoms with Gasteiger partial charge in [-0.2, -0.15) is 11.8 Å². The molecule has 0 spiro atoms. The summed E-state index contributed by atoms with van der Waals surface area (Å²) in [7, 11) is 1.72. The number of rotatable bonds is 8. The first-order valence-electron chi connectivity index (χ1n) is 8.08. The molecule has 118 valence electrons. The van der Waals surface area contributed by atoms with Crippen LogP contribution in [-0.2, 0) is 0 Å². The van der Waals surface area contributed by atoms with Crippen molar-refractivity contribution in [3.63, 3.8) is 0 Å². The maximum atomic E-state index is 5.22. The molecular weight excluding hydrogens is 278 g/mol. The zero-order chi connectivity index (χ0) is 15.3. The Bertz CT molecular complexity index is 413. The van der Waals surface area contributed by atoms with Crippen molar-refractivity contribution in [3.8, 4) is 5.75 Å². The molecule has 2 rings (SSSR count). The maximum absolute atomic E-state index is 5.22. The van der Waals surface area contributed by atoms with Gasteiger partial charge in [0.25, 0.3) is 0 Å². The van der Waals surface area contributed by atoms with Crippen molar-refractivity contribution in [1.82, 2.24) is 5.32 Å². The highest BCUT2D eigenvalue weighted by Gasteiger charge is 2.32. The van der Waals surface area contributed by atoms with Gasteiger partial charge in [0.2, 0.25) is 0 Å². The van der Waals surface area contributed by atoms with Crippen molar-refractivity contribution in [3.05, 3.63) is 29.8 Å². The molecule has 1 aromatic carbocycles. The van der Waals surface area contributed by atoms with Crippen molar-refractivity contribution >= 4 is 11.8 Å². The van der Waals surface area contributed by atoms with Gasteiger partial charge in [0.15, 0.2) is 0 Å². The standard InChI is InChI=1S/C18H29NOS/c1-5-18(6-2,21-4)13-19-16-11-15(12-16)14-7-9-17(20-3)10-8-14/h7-10,15-16,19H,5-6,11-13H2,1-4H3. The van der Waals surface area contributed by atoms with Crippen LogP contribution in [0.5, 0.6) is 5.75 Å². The van der Waals surface area contributed by atoms with Gasteiger partial charge < -0.3 is 10.1 Å². The Hall–Kier alpha value is -0.670. The van der Waals surface area contributed by atoms with Gasteiger partial charge in [-0.25, -0.2) is 0 Å². The summed E-state index contributed by atoms with van der Waals surface area (Å²) < 4.78 is 5.64. The summed E-state index contributed by atoms with van der Waals surface area (Å²) in [5, 5.41) is 3.79. The second-order valence-corrected chi connectivity index (χ2v) is 7.39. The summed E-state index contributed by atoms with van der Waals surface area (Å²) in [6, 6.07) is 9.27. The molecule has 1 aliphatic carbocycles. The smallest absolute Gasteiger partial charge is 0.118 e. The number of benzene rings is 1. The molecule has 0 heterocycles. The Morgan fingerprint density at radius 1 is 1.19 bits per heavy atom. The molecule has 1 saturated carbocycles. The van der Waals surface area contributed by atoms with E-state index in [1.54, 1.807) is 7.11 Å². The van der Waals surface area contributed by atoms with Gasteiger partial charge in [0, 0.05) is 17.3 Å². The fraction of sp³-hybridized carbons (Fsp3) is 0.667. The van der Waals surface area contributed by atoms with Crippen LogP contribution in [0, 0.1) is 0 Å². The molecular formula is C18H29NOS. The van der Waals surface area contributed by atoms with Crippen LogP contribution >= 0.6 is 11.8 Å². The number of ether oxygens (including phenoxy) is 1. The molecule has 0 unspecified atom stereocenters. The Kier molecular flexibility index (Phi) is 6.00. The average Bonchev–Trinajstić information content (AvgIpc) is 2.51. The molecule has 1 fully saturated rings. The first-order valence-corrected chi connectivity index (χ1v) is 9.31. The van der Waals surface area contributed by atoms with Crippen molar-refractivity contribution < 1.29 is 4.74 Å². The van der Waals surface area contributed by atoms with E-state index in [9.17, 15) is 0 Å². The van der Waals surface area contributed by atoms with E-state index in [2.05, 4.69) is 49.7 Å². The minimum absolute atomic E-state index is 0.422. The van der Waals surface area contributed by atoms with Gasteiger partial charge >= 0.3 is 0 Å². The summed E-state index contributed by atoms with van der Waals surface area (Å²) >= 11 is 2.02. The molecule has 0 bridgehead atoms. The Balaban J connectivity index is 1.78. The molecule has 2 nitrogen and oxygen atoms in total. The summed E-state index contributed by atoms with van der Waals surface area (Å²) in [6.45, 7) is 5.76. The fourth-order valence-corrected chi connectivity index (χ4v) is 3.93. The second kappa shape index (κ2) is 7.55. The quantitative estimate of drug-likeness (QED) is 0.766. The zero-order valence-electron chi connectivity index (χ0n) is 13.8. The van der Waals surface area contributed by atoms with Crippen LogP contribution in [0.4, 0.5) is 0 Å². The Morgan fingerprint density at radius 3 is 2.29 bits per heavy atom. The minimum atomic E-state index is 0.422. The summed E-state index contributed by atoms with van der Waals surface area (Å²) in [5.41, 5.74) is 1.45. The van der Waals surface area contributed by atoms with Crippen molar-refractivity contribution in [2.75, 3.05) is 19.9 Å². The van der Waals surface area contributed by atoms with Gasteiger partial charge in [0.1, 0.15) is 5.75 Å². The second-order valence-electron chi connectivity index (χ2n) is 6.11. The molecule has 0 radical (unpaired) electrons. The SMILES string of the molecule is CCC(CC)(CNC1CC(c2ccc(OC)cc2)C1)SC. The van der Waals surface area contributed by atoms with E-state index >= 15 is 0 Å². The van der Waals surface area contributed by atoms with Crippen LogP contribution in [0.25, 0.3) is 0 Å². The lowest BCUT2D eigenvalue weighted by atomic mass is 9.75. The van der Waals surface area contributed by atoms with E-state index in [1.165, 1.54) is 31.2 Å². The van der Waals surface area contributed by atoms with Gasteiger partial charge in [0.05, 0.1) is 7.11 Å². The first-order chi connectivity index (χ1) is 10.2. The van der Waals surface area contributed by atoms with Crippen LogP contribution < -0.4 is 10.1 Å². The van der Waals surface area contributed by atoms with Crippen molar-refractivity contribution in [1.29, 1.82) is 0 Å². The molecule has 0 aliphatic heterocycles. The molecule has 1 aliphatic rings. The maximum Gasteiger partial charge on any atom is 0.118 e. The van der Waals surface area contributed by atoms with Gasteiger partial charge in [-0.05, 0) is 55.6 Å². The van der Waals surface area contributed by atoms with Crippen LogP contribution in [0.15, 0.2) is 24.3 Å². The van der Waals surface area contributed by atoms with Crippen LogP contribution in [0.3, 0.4) is 0 Å². The summed E-state index contributed by atoms with van der Waals surface area (Å²) in [4.78, 5) is 0. The largest absolute Gasteiger partial charge is 0.497 e. The van der Waals surface area contributed by atoms with Gasteiger partial charge in [-0.3, -0.25) is 0 Å². The predicted octanol–water partition coefficient (Wildman–Crippen LogP) is 4.45.